The van der Waals surface area contributed by atoms with Crippen molar-refractivity contribution in [2.24, 2.45) is 0 Å². The molecular weight excluding hydrogens is 474 g/mol. The minimum atomic E-state index is -0.0225. The van der Waals surface area contributed by atoms with Crippen molar-refractivity contribution >= 4 is 22.4 Å². The summed E-state index contributed by atoms with van der Waals surface area (Å²) < 4.78 is 5.86. The van der Waals surface area contributed by atoms with Crippen molar-refractivity contribution < 1.29 is 4.74 Å². The Morgan fingerprint density at radius 2 is 1.79 bits per heavy atom. The van der Waals surface area contributed by atoms with Crippen molar-refractivity contribution in [3.8, 4) is 11.8 Å². The Kier molecular flexibility index (Phi) is 7.68. The van der Waals surface area contributed by atoms with Crippen LogP contribution in [0.3, 0.4) is 0 Å². The molecule has 2 fully saturated rings. The van der Waals surface area contributed by atoms with Crippen molar-refractivity contribution in [3.63, 3.8) is 0 Å². The van der Waals surface area contributed by atoms with Gasteiger partial charge < -0.3 is 19.9 Å². The van der Waals surface area contributed by atoms with Gasteiger partial charge in [-0.05, 0) is 63.9 Å². The third-order valence-electron chi connectivity index (χ3n) is 8.28. The minimum absolute atomic E-state index is 0.0225. The van der Waals surface area contributed by atoms with Crippen LogP contribution in [-0.2, 0) is 0 Å². The van der Waals surface area contributed by atoms with Gasteiger partial charge in [-0.15, -0.1) is 0 Å². The number of fused-ring (bicyclic) bond motifs is 1. The van der Waals surface area contributed by atoms with Crippen LogP contribution in [-0.4, -0.2) is 79.2 Å². The van der Waals surface area contributed by atoms with Crippen molar-refractivity contribution in [1.29, 1.82) is 5.26 Å². The summed E-state index contributed by atoms with van der Waals surface area (Å²) >= 11 is 0. The van der Waals surface area contributed by atoms with Gasteiger partial charge in [0.15, 0.2) is 0 Å². The lowest BCUT2D eigenvalue weighted by molar-refractivity contribution is 0.0981. The number of nitriles is 1. The summed E-state index contributed by atoms with van der Waals surface area (Å²) in [7, 11) is 3.95. The first-order valence-corrected chi connectivity index (χ1v) is 13.7. The number of methoxy groups -OCH3 is 1. The molecule has 0 bridgehead atoms. The minimum Gasteiger partial charge on any atom is -0.495 e. The van der Waals surface area contributed by atoms with Crippen LogP contribution < -0.4 is 15.0 Å². The van der Waals surface area contributed by atoms with E-state index in [9.17, 15) is 5.26 Å². The molecule has 0 spiro atoms. The second-order valence-electron chi connectivity index (χ2n) is 10.7. The van der Waals surface area contributed by atoms with Crippen molar-refractivity contribution in [2.45, 2.75) is 45.7 Å². The maximum absolute atomic E-state index is 9.48. The van der Waals surface area contributed by atoms with Gasteiger partial charge in [-0.1, -0.05) is 12.1 Å². The summed E-state index contributed by atoms with van der Waals surface area (Å²) in [6.07, 6.45) is 2.32. The number of nitrogens with one attached hydrogen (secondary N) is 1. The Labute approximate surface area is 226 Å². The topological polar surface area (TPSA) is 80.5 Å². The maximum Gasteiger partial charge on any atom is 0.144 e. The van der Waals surface area contributed by atoms with Gasteiger partial charge in [0.05, 0.1) is 36.0 Å². The smallest absolute Gasteiger partial charge is 0.144 e. The molecule has 200 valence electrons. The largest absolute Gasteiger partial charge is 0.495 e. The molecule has 5 rings (SSSR count). The van der Waals surface area contributed by atoms with E-state index >= 15 is 0 Å². The van der Waals surface area contributed by atoms with Gasteiger partial charge in [0, 0.05) is 56.8 Å². The lowest BCUT2D eigenvalue weighted by Crippen LogP contribution is -2.52. The first kappa shape index (κ1) is 26.2. The number of anilines is 2. The Bertz CT molecular complexity index is 1330. The molecule has 1 aromatic heterocycles. The van der Waals surface area contributed by atoms with Gasteiger partial charge in [0.1, 0.15) is 17.4 Å². The molecule has 2 aliphatic rings. The van der Waals surface area contributed by atoms with Crippen LogP contribution in [0.25, 0.3) is 10.9 Å². The maximum atomic E-state index is 9.48. The van der Waals surface area contributed by atoms with Gasteiger partial charge in [0.2, 0.25) is 0 Å². The zero-order chi connectivity index (χ0) is 26.8. The molecule has 0 aliphatic carbocycles. The number of hydrogen-bond donors (Lipinski definition) is 1. The Hall–Kier alpha value is -3.41. The molecule has 8 heteroatoms. The van der Waals surface area contributed by atoms with Crippen molar-refractivity contribution in [3.05, 3.63) is 52.8 Å². The molecule has 38 heavy (non-hydrogen) atoms. The molecule has 0 radical (unpaired) electrons. The molecule has 2 aliphatic heterocycles. The molecule has 2 saturated heterocycles. The zero-order valence-electron chi connectivity index (χ0n) is 23.3. The number of aryl methyl sites for hydroxylation is 1. The van der Waals surface area contributed by atoms with Gasteiger partial charge in [0.25, 0.3) is 0 Å². The Morgan fingerprint density at radius 1 is 1.05 bits per heavy atom. The van der Waals surface area contributed by atoms with Crippen LogP contribution in [0.15, 0.2) is 30.3 Å². The summed E-state index contributed by atoms with van der Waals surface area (Å²) in [6.45, 7) is 12.7. The molecule has 1 N–H and O–H groups in total. The van der Waals surface area contributed by atoms with E-state index in [2.05, 4.69) is 52.2 Å². The van der Waals surface area contributed by atoms with Gasteiger partial charge in [-0.2, -0.15) is 5.26 Å². The fraction of sp³-hybridized carbons (Fsp3) is 0.500. The number of likely N-dealkylation sites (N-methyl/N-ethyl adjacent to an activating group) is 1. The van der Waals surface area contributed by atoms with Crippen LogP contribution in [0.1, 0.15) is 48.3 Å². The highest BCUT2D eigenvalue weighted by molar-refractivity contribution is 5.94. The molecule has 1 atom stereocenters. The van der Waals surface area contributed by atoms with Crippen LogP contribution in [0.4, 0.5) is 11.5 Å². The van der Waals surface area contributed by atoms with E-state index in [4.69, 9.17) is 14.7 Å². The first-order chi connectivity index (χ1) is 18.4. The Morgan fingerprint density at radius 3 is 2.47 bits per heavy atom. The van der Waals surface area contributed by atoms with E-state index in [1.54, 1.807) is 7.11 Å². The third kappa shape index (κ3) is 5.27. The normalized spacial score (nSPS) is 18.4. The Balaban J connectivity index is 1.42. The molecular formula is C30H39N7O. The lowest BCUT2D eigenvalue weighted by Gasteiger charge is -2.42. The van der Waals surface area contributed by atoms with E-state index in [0.29, 0.717) is 17.4 Å². The molecule has 3 aromatic rings. The summed E-state index contributed by atoms with van der Waals surface area (Å²) in [5, 5.41) is 14.1. The van der Waals surface area contributed by atoms with Gasteiger partial charge in [-0.3, -0.25) is 4.90 Å². The van der Waals surface area contributed by atoms with E-state index in [1.807, 2.05) is 32.0 Å². The number of piperidine rings is 1. The highest BCUT2D eigenvalue weighted by atomic mass is 16.5. The SMILES string of the molecule is COc1cc2nc(C)nc(NC(C)c3cccc(C#N)c3C)c2cc1N1CCC(N2CCN(C)CC2)CC1. The van der Waals surface area contributed by atoms with Crippen molar-refractivity contribution in [1.82, 2.24) is 19.8 Å². The predicted molar refractivity (Wildman–Crippen MR) is 153 cm³/mol. The number of ether oxygens (including phenoxy) is 1. The van der Waals surface area contributed by atoms with Crippen LogP contribution in [0.2, 0.25) is 0 Å². The number of hydrogen-bond acceptors (Lipinski definition) is 8. The second kappa shape index (κ2) is 11.1. The quantitative estimate of drug-likeness (QED) is 0.516. The average molecular weight is 514 g/mol. The van der Waals surface area contributed by atoms with E-state index < -0.39 is 0 Å². The summed E-state index contributed by atoms with van der Waals surface area (Å²) in [4.78, 5) is 17.1. The second-order valence-corrected chi connectivity index (χ2v) is 10.7. The zero-order valence-corrected chi connectivity index (χ0v) is 23.3. The average Bonchev–Trinajstić information content (AvgIpc) is 2.93. The van der Waals surface area contributed by atoms with Crippen LogP contribution >= 0.6 is 0 Å². The number of rotatable bonds is 6. The summed E-state index contributed by atoms with van der Waals surface area (Å²) in [5.41, 5.74) is 4.75. The summed E-state index contributed by atoms with van der Waals surface area (Å²) in [6, 6.07) is 13.0. The molecule has 1 unspecified atom stereocenters. The highest BCUT2D eigenvalue weighted by Crippen LogP contribution is 2.37. The van der Waals surface area contributed by atoms with Gasteiger partial charge >= 0.3 is 0 Å². The van der Waals surface area contributed by atoms with E-state index in [0.717, 1.165) is 78.3 Å². The fourth-order valence-corrected chi connectivity index (χ4v) is 5.97. The number of piperazine rings is 1. The van der Waals surface area contributed by atoms with Crippen LogP contribution in [0.5, 0.6) is 5.75 Å². The predicted octanol–water partition coefficient (Wildman–Crippen LogP) is 4.52. The fourth-order valence-electron chi connectivity index (χ4n) is 5.97. The van der Waals surface area contributed by atoms with E-state index in [1.165, 1.54) is 13.1 Å². The van der Waals surface area contributed by atoms with Crippen LogP contribution in [0, 0.1) is 25.2 Å². The lowest BCUT2D eigenvalue weighted by atomic mass is 9.98. The highest BCUT2D eigenvalue weighted by Gasteiger charge is 2.28. The number of nitrogens with zero attached hydrogens (tertiary/aromatic N) is 6. The standard InChI is InChI=1S/C30H39N7O/c1-20-23(19-31)7-6-8-25(20)21(2)32-30-26-17-28(29(38-5)18-27(26)33-22(3)34-30)37-11-9-24(10-12-37)36-15-13-35(4)14-16-36/h6-8,17-18,21,24H,9-16H2,1-5H3,(H,32,33,34). The number of aromatic nitrogens is 2. The third-order valence-corrected chi connectivity index (χ3v) is 8.28. The molecule has 0 amide bonds. The van der Waals surface area contributed by atoms with Gasteiger partial charge in [-0.25, -0.2) is 9.97 Å². The first-order valence-electron chi connectivity index (χ1n) is 13.7. The van der Waals surface area contributed by atoms with Crippen molar-refractivity contribution in [2.75, 3.05) is 63.6 Å². The monoisotopic (exact) mass is 513 g/mol. The molecule has 2 aromatic carbocycles. The molecule has 3 heterocycles. The molecule has 0 saturated carbocycles. The van der Waals surface area contributed by atoms with E-state index in [-0.39, 0.29) is 6.04 Å². The molecule has 8 nitrogen and oxygen atoms in total. The summed E-state index contributed by atoms with van der Waals surface area (Å²) in [5.74, 6) is 2.36. The number of benzene rings is 2.